The van der Waals surface area contributed by atoms with E-state index in [2.05, 4.69) is 17.1 Å². The molecule has 3 aliphatic rings. The lowest BCUT2D eigenvalue weighted by atomic mass is 9.78. The fourth-order valence-electron chi connectivity index (χ4n) is 6.49. The van der Waals surface area contributed by atoms with Gasteiger partial charge in [-0.05, 0) is 67.2 Å². The van der Waals surface area contributed by atoms with Crippen molar-refractivity contribution in [1.29, 1.82) is 0 Å². The van der Waals surface area contributed by atoms with Gasteiger partial charge in [0.05, 0.1) is 17.8 Å². The Morgan fingerprint density at radius 3 is 2.45 bits per heavy atom. The third-order valence-electron chi connectivity index (χ3n) is 8.83. The van der Waals surface area contributed by atoms with E-state index in [4.69, 9.17) is 18.9 Å². The van der Waals surface area contributed by atoms with Crippen LogP contribution in [0, 0.1) is 17.8 Å². The monoisotopic (exact) mass is 541 g/mol. The van der Waals surface area contributed by atoms with Gasteiger partial charge in [0.25, 0.3) is 0 Å². The molecule has 2 unspecified atom stereocenters. The van der Waals surface area contributed by atoms with Crippen LogP contribution in [0.2, 0.25) is 0 Å². The molecular weight excluding hydrogens is 490 g/mol. The molecule has 10 heteroatoms. The molecular formula is C28H51N3O7. The second kappa shape index (κ2) is 12.6. The lowest BCUT2D eigenvalue weighted by Gasteiger charge is -2.46. The smallest absolute Gasteiger partial charge is 0.316 e. The summed E-state index contributed by atoms with van der Waals surface area (Å²) in [4.78, 5) is 31.2. The van der Waals surface area contributed by atoms with Crippen LogP contribution in [-0.2, 0) is 28.5 Å². The minimum absolute atomic E-state index is 0.136. The van der Waals surface area contributed by atoms with E-state index in [0.29, 0.717) is 32.5 Å². The highest BCUT2D eigenvalue weighted by atomic mass is 16.7. The maximum Gasteiger partial charge on any atom is 0.316 e. The number of methoxy groups -OCH3 is 1. The standard InChI is InChI=1S/C28H51N3O7/c1-17-13-27(5,35-9)24(37-26-23(33)21(30(6)7)12-18(2)36-26)19(3)22(32)20(4)25(34)38-28(15-29-14-17)10-11-31(8)16-28/h17-21,23-24,26,29,33H,10-16H2,1-9H3/t17-,18-,19+,20?,21+,23-,24-,26+,27-,28?/m1/s1. The summed E-state index contributed by atoms with van der Waals surface area (Å²) in [5, 5.41) is 14.7. The Kier molecular flexibility index (Phi) is 10.4. The van der Waals surface area contributed by atoms with Gasteiger partial charge in [0.15, 0.2) is 12.1 Å². The molecule has 3 rings (SSSR count). The summed E-state index contributed by atoms with van der Waals surface area (Å²) in [7, 11) is 7.48. The first-order valence-electron chi connectivity index (χ1n) is 14.1. The Labute approximate surface area is 228 Å². The van der Waals surface area contributed by atoms with Crippen molar-refractivity contribution in [3.8, 4) is 0 Å². The molecule has 10 nitrogen and oxygen atoms in total. The van der Waals surface area contributed by atoms with Crippen molar-refractivity contribution in [2.45, 2.75) is 95.7 Å². The number of ether oxygens (including phenoxy) is 4. The Morgan fingerprint density at radius 1 is 1.18 bits per heavy atom. The lowest BCUT2D eigenvalue weighted by molar-refractivity contribution is -0.295. The number of nitrogens with one attached hydrogen (secondary N) is 1. The molecule has 0 radical (unpaired) electrons. The first kappa shape index (κ1) is 31.4. The summed E-state index contributed by atoms with van der Waals surface area (Å²) in [6.45, 7) is 12.1. The average Bonchev–Trinajstić information content (AvgIpc) is 3.21. The van der Waals surface area contributed by atoms with Crippen LogP contribution in [0.4, 0.5) is 0 Å². The van der Waals surface area contributed by atoms with Crippen molar-refractivity contribution in [3.05, 3.63) is 0 Å². The molecule has 2 N–H and O–H groups in total. The van der Waals surface area contributed by atoms with Gasteiger partial charge in [-0.15, -0.1) is 0 Å². The van der Waals surface area contributed by atoms with Gasteiger partial charge >= 0.3 is 5.97 Å². The van der Waals surface area contributed by atoms with Crippen LogP contribution in [-0.4, -0.2) is 123 Å². The highest BCUT2D eigenvalue weighted by Gasteiger charge is 2.50. The van der Waals surface area contributed by atoms with E-state index in [-0.39, 0.29) is 23.8 Å². The minimum Gasteiger partial charge on any atom is -0.456 e. The maximum absolute atomic E-state index is 13.8. The van der Waals surface area contributed by atoms with E-state index < -0.39 is 47.5 Å². The zero-order valence-electron chi connectivity index (χ0n) is 24.9. The number of likely N-dealkylation sites (tertiary alicyclic amines) is 1. The van der Waals surface area contributed by atoms with Crippen molar-refractivity contribution in [2.24, 2.45) is 17.8 Å². The van der Waals surface area contributed by atoms with Crippen molar-refractivity contribution in [3.63, 3.8) is 0 Å². The van der Waals surface area contributed by atoms with Crippen LogP contribution in [0.3, 0.4) is 0 Å². The van der Waals surface area contributed by atoms with E-state index >= 15 is 0 Å². The molecule has 0 aromatic carbocycles. The Morgan fingerprint density at radius 2 is 1.87 bits per heavy atom. The number of rotatable bonds is 4. The maximum atomic E-state index is 13.8. The lowest BCUT2D eigenvalue weighted by Crippen LogP contribution is -2.59. The van der Waals surface area contributed by atoms with Gasteiger partial charge in [0.2, 0.25) is 0 Å². The molecule has 3 fully saturated rings. The number of likely N-dealkylation sites (N-methyl/N-ethyl adjacent to an activating group) is 2. The Bertz CT molecular complexity index is 828. The van der Waals surface area contributed by atoms with E-state index in [0.717, 1.165) is 13.0 Å². The first-order chi connectivity index (χ1) is 17.7. The second-order valence-electron chi connectivity index (χ2n) is 12.6. The topological polar surface area (TPSA) is 110 Å². The van der Waals surface area contributed by atoms with Crippen LogP contribution >= 0.6 is 0 Å². The number of hydrogen-bond donors (Lipinski definition) is 2. The summed E-state index contributed by atoms with van der Waals surface area (Å²) in [5.74, 6) is -2.30. The molecule has 10 atom stereocenters. The number of Topliss-reactive ketones (excluding diaryl/α,β-unsaturated/α-hetero) is 1. The zero-order valence-corrected chi connectivity index (χ0v) is 24.9. The molecule has 0 aliphatic carbocycles. The number of carbonyl (C=O) groups is 2. The molecule has 3 heterocycles. The zero-order chi connectivity index (χ0) is 28.4. The number of aliphatic hydroxyl groups excluding tert-OH is 1. The molecule has 3 aliphatic heterocycles. The predicted octanol–water partition coefficient (Wildman–Crippen LogP) is 1.29. The van der Waals surface area contributed by atoms with E-state index in [1.807, 2.05) is 39.9 Å². The highest BCUT2D eigenvalue weighted by Crippen LogP contribution is 2.36. The number of ketones is 1. The number of aliphatic hydroxyl groups is 1. The van der Waals surface area contributed by atoms with Crippen LogP contribution in [0.15, 0.2) is 0 Å². The van der Waals surface area contributed by atoms with Crippen LogP contribution in [0.5, 0.6) is 0 Å². The minimum atomic E-state index is -0.969. The normalized spacial score (nSPS) is 44.5. The van der Waals surface area contributed by atoms with Gasteiger partial charge < -0.3 is 39.2 Å². The molecule has 0 bridgehead atoms. The van der Waals surface area contributed by atoms with Crippen molar-refractivity contribution in [2.75, 3.05) is 54.4 Å². The van der Waals surface area contributed by atoms with Crippen LogP contribution in [0.25, 0.3) is 0 Å². The van der Waals surface area contributed by atoms with Gasteiger partial charge in [0, 0.05) is 45.1 Å². The molecule has 3 saturated heterocycles. The summed E-state index contributed by atoms with van der Waals surface area (Å²) in [5.41, 5.74) is -1.54. The van der Waals surface area contributed by atoms with E-state index in [1.54, 1.807) is 21.0 Å². The number of carbonyl (C=O) groups excluding carboxylic acids is 2. The molecule has 0 aromatic heterocycles. The summed E-state index contributed by atoms with van der Waals surface area (Å²) >= 11 is 0. The highest BCUT2D eigenvalue weighted by molar-refractivity contribution is 6.00. The van der Waals surface area contributed by atoms with Crippen molar-refractivity contribution in [1.82, 2.24) is 15.1 Å². The van der Waals surface area contributed by atoms with Crippen LogP contribution < -0.4 is 5.32 Å². The predicted molar refractivity (Wildman–Crippen MR) is 144 cm³/mol. The number of nitrogens with zero attached hydrogens (tertiary/aromatic N) is 2. The van der Waals surface area contributed by atoms with Gasteiger partial charge in [-0.3, -0.25) is 9.59 Å². The fraction of sp³-hybridized carbons (Fsp3) is 0.929. The SMILES string of the molecule is CO[C@]1(C)C[C@@H](C)CNCC2(CCN(C)C2)OC(=O)C(C)C(=O)[C@H](C)[C@H]1O[C@@H]1O[C@H](C)C[C@H](N(C)C)[C@H]1O. The van der Waals surface area contributed by atoms with Crippen LogP contribution in [0.1, 0.15) is 53.9 Å². The van der Waals surface area contributed by atoms with E-state index in [9.17, 15) is 14.7 Å². The first-order valence-corrected chi connectivity index (χ1v) is 14.1. The molecule has 220 valence electrons. The molecule has 0 saturated carbocycles. The fourth-order valence-corrected chi connectivity index (χ4v) is 6.49. The quantitative estimate of drug-likeness (QED) is 0.399. The van der Waals surface area contributed by atoms with Gasteiger partial charge in [-0.25, -0.2) is 0 Å². The molecule has 1 spiro atoms. The Hall–Kier alpha value is -1.14. The number of hydrogen-bond acceptors (Lipinski definition) is 10. The summed E-state index contributed by atoms with van der Waals surface area (Å²) in [6, 6.07) is -0.156. The average molecular weight is 542 g/mol. The summed E-state index contributed by atoms with van der Waals surface area (Å²) < 4.78 is 24.8. The molecule has 0 amide bonds. The van der Waals surface area contributed by atoms with E-state index in [1.165, 1.54) is 0 Å². The van der Waals surface area contributed by atoms with Gasteiger partial charge in [0.1, 0.15) is 17.6 Å². The van der Waals surface area contributed by atoms with Crippen molar-refractivity contribution < 1.29 is 33.6 Å². The molecule has 0 aromatic rings. The number of esters is 1. The van der Waals surface area contributed by atoms with Gasteiger partial charge in [-0.1, -0.05) is 13.8 Å². The van der Waals surface area contributed by atoms with Crippen molar-refractivity contribution >= 4 is 11.8 Å². The Balaban J connectivity index is 1.94. The van der Waals surface area contributed by atoms with Gasteiger partial charge in [-0.2, -0.15) is 0 Å². The third kappa shape index (κ3) is 6.95. The molecule has 38 heavy (non-hydrogen) atoms. The largest absolute Gasteiger partial charge is 0.456 e. The summed E-state index contributed by atoms with van der Waals surface area (Å²) in [6.07, 6.45) is -0.765. The second-order valence-corrected chi connectivity index (χ2v) is 12.6. The third-order valence-corrected chi connectivity index (χ3v) is 8.83.